The van der Waals surface area contributed by atoms with Crippen molar-refractivity contribution in [1.29, 1.82) is 0 Å². The van der Waals surface area contributed by atoms with Gasteiger partial charge in [0.25, 0.3) is 0 Å². The molecule has 0 fully saturated rings. The molecule has 0 aliphatic rings. The van der Waals surface area contributed by atoms with Crippen molar-refractivity contribution in [2.75, 3.05) is 14.2 Å². The Balaban J connectivity index is 2.25. The largest absolute Gasteiger partial charge is 0.493 e. The van der Waals surface area contributed by atoms with Crippen molar-refractivity contribution < 1.29 is 14.2 Å². The number of hydrogen-bond acceptors (Lipinski definition) is 4. The number of methoxy groups -OCH3 is 2. The van der Waals surface area contributed by atoms with E-state index in [1.54, 1.807) is 50.2 Å². The van der Waals surface area contributed by atoms with E-state index in [1.807, 2.05) is 0 Å². The number of rotatable bonds is 4. The molecular weight excluding hydrogens is 220 g/mol. The van der Waals surface area contributed by atoms with Crippen molar-refractivity contribution in [1.82, 2.24) is 9.78 Å². The highest BCUT2D eigenvalue weighted by Crippen LogP contribution is 2.32. The predicted octanol–water partition coefficient (Wildman–Crippen LogP) is 2.03. The van der Waals surface area contributed by atoms with Gasteiger partial charge in [0.05, 0.1) is 14.2 Å². The Bertz CT molecular complexity index is 508. The van der Waals surface area contributed by atoms with E-state index in [1.165, 1.54) is 0 Å². The average Bonchev–Trinajstić information content (AvgIpc) is 2.75. The summed E-state index contributed by atoms with van der Waals surface area (Å²) >= 11 is 0. The van der Waals surface area contributed by atoms with Crippen molar-refractivity contribution in [2.45, 2.75) is 0 Å². The summed E-state index contributed by atoms with van der Waals surface area (Å²) in [6, 6.07) is 7.01. The van der Waals surface area contributed by atoms with Gasteiger partial charge in [-0.05, 0) is 12.1 Å². The fourth-order valence-corrected chi connectivity index (χ4v) is 1.41. The molecule has 0 aliphatic heterocycles. The van der Waals surface area contributed by atoms with E-state index in [9.17, 15) is 0 Å². The minimum atomic E-state index is 0.609. The molecule has 2 rings (SSSR count). The number of aromatic nitrogens is 2. The van der Waals surface area contributed by atoms with Crippen LogP contribution in [0.5, 0.6) is 23.1 Å². The molecule has 0 bridgehead atoms. The van der Waals surface area contributed by atoms with Crippen molar-refractivity contribution in [3.8, 4) is 23.1 Å². The van der Waals surface area contributed by atoms with Crippen LogP contribution in [0.4, 0.5) is 0 Å². The van der Waals surface area contributed by atoms with Crippen LogP contribution >= 0.6 is 0 Å². The van der Waals surface area contributed by atoms with Gasteiger partial charge in [0.1, 0.15) is 11.9 Å². The highest BCUT2D eigenvalue weighted by atomic mass is 16.5. The van der Waals surface area contributed by atoms with Gasteiger partial charge in [-0.1, -0.05) is 0 Å². The second-order valence-electron chi connectivity index (χ2n) is 3.35. The quantitative estimate of drug-likeness (QED) is 0.810. The first-order valence-corrected chi connectivity index (χ1v) is 5.04. The van der Waals surface area contributed by atoms with Crippen molar-refractivity contribution in [3.63, 3.8) is 0 Å². The van der Waals surface area contributed by atoms with Gasteiger partial charge in [0.15, 0.2) is 11.5 Å². The van der Waals surface area contributed by atoms with Crippen LogP contribution in [-0.2, 0) is 7.05 Å². The molecule has 2 aromatic rings. The normalized spacial score (nSPS) is 10.1. The fourth-order valence-electron chi connectivity index (χ4n) is 1.41. The molecule has 5 nitrogen and oxygen atoms in total. The van der Waals surface area contributed by atoms with Gasteiger partial charge in [-0.25, -0.2) is 4.68 Å². The maximum Gasteiger partial charge on any atom is 0.218 e. The fraction of sp³-hybridized carbons (Fsp3) is 0.250. The van der Waals surface area contributed by atoms with Crippen LogP contribution in [0.3, 0.4) is 0 Å². The average molecular weight is 233 g/mol. The molecule has 17 heavy (non-hydrogen) atoms. The van der Waals surface area contributed by atoms with E-state index in [2.05, 4.69) is 11.3 Å². The Kier molecular flexibility index (Phi) is 3.18. The smallest absolute Gasteiger partial charge is 0.218 e. The summed E-state index contributed by atoms with van der Waals surface area (Å²) in [4.78, 5) is 0. The summed E-state index contributed by atoms with van der Waals surface area (Å²) < 4.78 is 17.6. The van der Waals surface area contributed by atoms with Gasteiger partial charge in [0, 0.05) is 19.2 Å². The van der Waals surface area contributed by atoms with Gasteiger partial charge in [-0.15, -0.1) is 0 Å². The van der Waals surface area contributed by atoms with Gasteiger partial charge >= 0.3 is 0 Å². The van der Waals surface area contributed by atoms with Crippen LogP contribution < -0.4 is 14.2 Å². The number of nitrogens with zero attached hydrogens (tertiary/aromatic N) is 2. The zero-order chi connectivity index (χ0) is 12.3. The minimum Gasteiger partial charge on any atom is -0.493 e. The van der Waals surface area contributed by atoms with E-state index in [0.717, 1.165) is 0 Å². The Morgan fingerprint density at radius 2 is 1.94 bits per heavy atom. The SMILES string of the molecule is COc1ccc(Oc2c[c]nn2C)cc1OC. The molecule has 0 amide bonds. The Morgan fingerprint density at radius 3 is 2.53 bits per heavy atom. The first-order chi connectivity index (χ1) is 8.24. The molecule has 1 aromatic heterocycles. The Labute approximate surface area is 99.5 Å². The molecule has 0 saturated heterocycles. The standard InChI is InChI=1S/C12H13N2O3/c1-14-12(6-7-13-14)17-9-4-5-10(15-2)11(8-9)16-3/h4-6,8H,1-3H3. The first kappa shape index (κ1) is 11.3. The number of aryl methyl sites for hydroxylation is 1. The zero-order valence-electron chi connectivity index (χ0n) is 9.93. The van der Waals surface area contributed by atoms with Crippen LogP contribution in [0.15, 0.2) is 24.3 Å². The molecule has 0 spiro atoms. The van der Waals surface area contributed by atoms with Crippen LogP contribution in [0, 0.1) is 6.20 Å². The molecule has 0 aliphatic carbocycles. The van der Waals surface area contributed by atoms with Gasteiger partial charge in [-0.2, -0.15) is 5.10 Å². The monoisotopic (exact) mass is 233 g/mol. The lowest BCUT2D eigenvalue weighted by atomic mass is 10.3. The van der Waals surface area contributed by atoms with Crippen molar-refractivity contribution >= 4 is 0 Å². The molecule has 1 radical (unpaired) electrons. The van der Waals surface area contributed by atoms with Crippen molar-refractivity contribution in [3.05, 3.63) is 30.5 Å². The highest BCUT2D eigenvalue weighted by molar-refractivity contribution is 5.46. The van der Waals surface area contributed by atoms with E-state index in [0.29, 0.717) is 23.1 Å². The summed E-state index contributed by atoms with van der Waals surface area (Å²) in [5, 5.41) is 3.90. The molecule has 0 unspecified atom stereocenters. The number of ether oxygens (including phenoxy) is 3. The summed E-state index contributed by atoms with van der Waals surface area (Å²) in [6.45, 7) is 0. The zero-order valence-corrected chi connectivity index (χ0v) is 9.93. The van der Waals surface area contributed by atoms with E-state index >= 15 is 0 Å². The Morgan fingerprint density at radius 1 is 1.18 bits per heavy atom. The lowest BCUT2D eigenvalue weighted by Gasteiger charge is -2.10. The number of benzene rings is 1. The van der Waals surface area contributed by atoms with Crippen LogP contribution in [0.1, 0.15) is 0 Å². The molecule has 1 heterocycles. The van der Waals surface area contributed by atoms with E-state index in [4.69, 9.17) is 14.2 Å². The third-order valence-electron chi connectivity index (χ3n) is 2.29. The summed E-state index contributed by atoms with van der Waals surface area (Å²) in [5.41, 5.74) is 0. The maximum absolute atomic E-state index is 5.62. The molecular formula is C12H13N2O3. The third-order valence-corrected chi connectivity index (χ3v) is 2.29. The summed E-state index contributed by atoms with van der Waals surface area (Å²) in [6.07, 6.45) is 2.70. The second kappa shape index (κ2) is 4.78. The van der Waals surface area contributed by atoms with E-state index < -0.39 is 0 Å². The van der Waals surface area contributed by atoms with Gasteiger partial charge < -0.3 is 14.2 Å². The van der Waals surface area contributed by atoms with Gasteiger partial charge in [-0.3, -0.25) is 0 Å². The van der Waals surface area contributed by atoms with Crippen LogP contribution in [0.25, 0.3) is 0 Å². The molecule has 1 aromatic carbocycles. The minimum absolute atomic E-state index is 0.609. The van der Waals surface area contributed by atoms with Crippen molar-refractivity contribution in [2.24, 2.45) is 7.05 Å². The Hall–Kier alpha value is -2.17. The van der Waals surface area contributed by atoms with E-state index in [-0.39, 0.29) is 0 Å². The molecule has 5 heteroatoms. The topological polar surface area (TPSA) is 45.5 Å². The molecule has 89 valence electrons. The summed E-state index contributed by atoms with van der Waals surface area (Å²) in [5.74, 6) is 2.55. The molecule has 0 N–H and O–H groups in total. The lowest BCUT2D eigenvalue weighted by molar-refractivity contribution is 0.350. The molecule has 0 saturated carbocycles. The first-order valence-electron chi connectivity index (χ1n) is 5.04. The second-order valence-corrected chi connectivity index (χ2v) is 3.35. The third kappa shape index (κ3) is 2.33. The highest BCUT2D eigenvalue weighted by Gasteiger charge is 2.07. The number of hydrogen-bond donors (Lipinski definition) is 0. The predicted molar refractivity (Wildman–Crippen MR) is 61.7 cm³/mol. The molecule has 0 atom stereocenters. The lowest BCUT2D eigenvalue weighted by Crippen LogP contribution is -1.96. The van der Waals surface area contributed by atoms with Gasteiger partial charge in [0.2, 0.25) is 5.88 Å². The maximum atomic E-state index is 5.62. The van der Waals surface area contributed by atoms with Crippen LogP contribution in [-0.4, -0.2) is 24.0 Å². The van der Waals surface area contributed by atoms with Crippen LogP contribution in [0.2, 0.25) is 0 Å². The summed E-state index contributed by atoms with van der Waals surface area (Å²) in [7, 11) is 4.96.